The van der Waals surface area contributed by atoms with Crippen LogP contribution in [0.4, 0.5) is 5.82 Å². The lowest BCUT2D eigenvalue weighted by atomic mass is 9.87. The Kier molecular flexibility index (Phi) is 2.65. The predicted molar refractivity (Wildman–Crippen MR) is 69.6 cm³/mol. The van der Waals surface area contributed by atoms with Crippen molar-refractivity contribution in [3.8, 4) is 11.1 Å². The van der Waals surface area contributed by atoms with Gasteiger partial charge in [-0.25, -0.2) is 0 Å². The van der Waals surface area contributed by atoms with Gasteiger partial charge in [-0.3, -0.25) is 9.67 Å². The summed E-state index contributed by atoms with van der Waals surface area (Å²) in [6, 6.07) is 3.92. The molecule has 0 bridgehead atoms. The summed E-state index contributed by atoms with van der Waals surface area (Å²) in [5, 5.41) is 4.53. The molecule has 0 radical (unpaired) electrons. The van der Waals surface area contributed by atoms with Crippen molar-refractivity contribution >= 4 is 5.82 Å². The summed E-state index contributed by atoms with van der Waals surface area (Å²) in [5.41, 5.74) is 9.18. The van der Waals surface area contributed by atoms with E-state index in [4.69, 9.17) is 5.73 Å². The number of hydrogen-bond acceptors (Lipinski definition) is 3. The summed E-state index contributed by atoms with van der Waals surface area (Å²) in [7, 11) is 1.87. The van der Waals surface area contributed by atoms with Gasteiger partial charge in [0.2, 0.25) is 0 Å². The maximum absolute atomic E-state index is 6.11. The Morgan fingerprint density at radius 2 is 1.76 bits per heavy atom. The number of nitrogens with two attached hydrogens (primary N) is 1. The number of aryl methyl sites for hydroxylation is 1. The minimum absolute atomic E-state index is 0.0337. The molecule has 17 heavy (non-hydrogen) atoms. The Morgan fingerprint density at radius 1 is 1.18 bits per heavy atom. The van der Waals surface area contributed by atoms with E-state index in [0.717, 1.165) is 16.8 Å². The highest BCUT2D eigenvalue weighted by Crippen LogP contribution is 2.35. The van der Waals surface area contributed by atoms with E-state index in [0.29, 0.717) is 5.82 Å². The standard InChI is InChI=1S/C13H18N4/c1-13(2,3)11-10(12(14)17(4)16-11)9-5-7-15-8-6-9/h5-8H,14H2,1-4H3. The zero-order valence-electron chi connectivity index (χ0n) is 10.7. The van der Waals surface area contributed by atoms with E-state index in [1.165, 1.54) is 0 Å². The van der Waals surface area contributed by atoms with Gasteiger partial charge in [-0.2, -0.15) is 5.10 Å². The lowest BCUT2D eigenvalue weighted by molar-refractivity contribution is 0.555. The largest absolute Gasteiger partial charge is 0.383 e. The van der Waals surface area contributed by atoms with Crippen LogP contribution in [0.3, 0.4) is 0 Å². The Labute approximate surface area is 101 Å². The summed E-state index contributed by atoms with van der Waals surface area (Å²) in [6.45, 7) is 6.42. The number of nitrogen functional groups attached to an aromatic ring is 1. The highest BCUT2D eigenvalue weighted by molar-refractivity contribution is 5.77. The zero-order valence-corrected chi connectivity index (χ0v) is 10.7. The molecule has 0 amide bonds. The van der Waals surface area contributed by atoms with Crippen LogP contribution in [0.5, 0.6) is 0 Å². The molecule has 2 heterocycles. The molecular weight excluding hydrogens is 212 g/mol. The molecule has 4 nitrogen and oxygen atoms in total. The summed E-state index contributed by atoms with van der Waals surface area (Å²) in [4.78, 5) is 4.03. The van der Waals surface area contributed by atoms with Gasteiger partial charge in [-0.05, 0) is 17.7 Å². The molecule has 0 saturated heterocycles. The van der Waals surface area contributed by atoms with Crippen LogP contribution in [0.2, 0.25) is 0 Å². The Bertz CT molecular complexity index is 520. The Balaban J connectivity index is 2.69. The average Bonchev–Trinajstić information content (AvgIpc) is 2.57. The first-order valence-corrected chi connectivity index (χ1v) is 5.64. The van der Waals surface area contributed by atoms with Gasteiger partial charge in [0.25, 0.3) is 0 Å². The monoisotopic (exact) mass is 230 g/mol. The van der Waals surface area contributed by atoms with Crippen molar-refractivity contribution in [3.05, 3.63) is 30.2 Å². The van der Waals surface area contributed by atoms with Gasteiger partial charge >= 0.3 is 0 Å². The van der Waals surface area contributed by atoms with Gasteiger partial charge in [0, 0.05) is 30.4 Å². The average molecular weight is 230 g/mol. The lowest BCUT2D eigenvalue weighted by Gasteiger charge is -2.17. The molecule has 2 rings (SSSR count). The molecule has 2 N–H and O–H groups in total. The SMILES string of the molecule is Cn1nc(C(C)(C)C)c(-c2ccncc2)c1N. The van der Waals surface area contributed by atoms with Crippen LogP contribution < -0.4 is 5.73 Å². The highest BCUT2D eigenvalue weighted by atomic mass is 15.3. The van der Waals surface area contributed by atoms with Crippen molar-refractivity contribution in [2.45, 2.75) is 26.2 Å². The Hall–Kier alpha value is -1.84. The van der Waals surface area contributed by atoms with E-state index in [1.54, 1.807) is 17.1 Å². The van der Waals surface area contributed by atoms with Crippen molar-refractivity contribution in [2.75, 3.05) is 5.73 Å². The number of anilines is 1. The number of pyridine rings is 1. The first-order chi connectivity index (χ1) is 7.91. The fourth-order valence-electron chi connectivity index (χ4n) is 1.87. The van der Waals surface area contributed by atoms with Crippen molar-refractivity contribution in [1.29, 1.82) is 0 Å². The molecule has 0 aliphatic carbocycles. The quantitative estimate of drug-likeness (QED) is 0.818. The third-order valence-corrected chi connectivity index (χ3v) is 2.77. The topological polar surface area (TPSA) is 56.7 Å². The van der Waals surface area contributed by atoms with Gasteiger partial charge in [0.1, 0.15) is 5.82 Å². The molecule has 0 aliphatic rings. The molecule has 2 aromatic rings. The molecule has 0 aliphatic heterocycles. The molecule has 0 unspecified atom stereocenters. The second kappa shape index (κ2) is 3.87. The third kappa shape index (κ3) is 2.02. The Morgan fingerprint density at radius 3 is 2.29 bits per heavy atom. The van der Waals surface area contributed by atoms with Crippen molar-refractivity contribution in [2.24, 2.45) is 7.05 Å². The van der Waals surface area contributed by atoms with Crippen LogP contribution in [0, 0.1) is 0 Å². The van der Waals surface area contributed by atoms with Gasteiger partial charge in [-0.1, -0.05) is 20.8 Å². The van der Waals surface area contributed by atoms with Crippen molar-refractivity contribution in [1.82, 2.24) is 14.8 Å². The maximum Gasteiger partial charge on any atom is 0.129 e. The number of nitrogens with zero attached hydrogens (tertiary/aromatic N) is 3. The first kappa shape index (κ1) is 11.6. The first-order valence-electron chi connectivity index (χ1n) is 5.64. The predicted octanol–water partition coefficient (Wildman–Crippen LogP) is 2.36. The van der Waals surface area contributed by atoms with Crippen LogP contribution in [-0.2, 0) is 12.5 Å². The second-order valence-electron chi connectivity index (χ2n) is 5.22. The van der Waals surface area contributed by atoms with E-state index >= 15 is 0 Å². The van der Waals surface area contributed by atoms with E-state index < -0.39 is 0 Å². The van der Waals surface area contributed by atoms with Crippen molar-refractivity contribution in [3.63, 3.8) is 0 Å². The van der Waals surface area contributed by atoms with E-state index in [1.807, 2.05) is 19.2 Å². The summed E-state index contributed by atoms with van der Waals surface area (Å²) in [5.74, 6) is 0.695. The van der Waals surface area contributed by atoms with Crippen LogP contribution >= 0.6 is 0 Å². The highest BCUT2D eigenvalue weighted by Gasteiger charge is 2.25. The molecule has 0 spiro atoms. The lowest BCUT2D eigenvalue weighted by Crippen LogP contribution is -2.13. The fourth-order valence-corrected chi connectivity index (χ4v) is 1.87. The van der Waals surface area contributed by atoms with Gasteiger partial charge in [0.05, 0.1) is 5.69 Å². The minimum atomic E-state index is -0.0337. The van der Waals surface area contributed by atoms with Crippen LogP contribution in [0.1, 0.15) is 26.5 Å². The number of hydrogen-bond donors (Lipinski definition) is 1. The van der Waals surface area contributed by atoms with Gasteiger partial charge in [-0.15, -0.1) is 0 Å². The third-order valence-electron chi connectivity index (χ3n) is 2.77. The fraction of sp³-hybridized carbons (Fsp3) is 0.385. The smallest absolute Gasteiger partial charge is 0.129 e. The summed E-state index contributed by atoms with van der Waals surface area (Å²) in [6.07, 6.45) is 3.54. The van der Waals surface area contributed by atoms with E-state index in [9.17, 15) is 0 Å². The molecule has 0 fully saturated rings. The number of aromatic nitrogens is 3. The van der Waals surface area contributed by atoms with Gasteiger partial charge in [0.15, 0.2) is 0 Å². The molecule has 0 atom stereocenters. The second-order valence-corrected chi connectivity index (χ2v) is 5.22. The van der Waals surface area contributed by atoms with Crippen molar-refractivity contribution < 1.29 is 0 Å². The molecule has 0 saturated carbocycles. The van der Waals surface area contributed by atoms with Crippen LogP contribution in [-0.4, -0.2) is 14.8 Å². The molecule has 90 valence electrons. The molecule has 4 heteroatoms. The normalized spacial score (nSPS) is 11.8. The van der Waals surface area contributed by atoms with E-state index in [2.05, 4.69) is 30.9 Å². The molecule has 2 aromatic heterocycles. The summed E-state index contributed by atoms with van der Waals surface area (Å²) < 4.78 is 1.73. The van der Waals surface area contributed by atoms with Crippen LogP contribution in [0.15, 0.2) is 24.5 Å². The molecule has 0 aromatic carbocycles. The van der Waals surface area contributed by atoms with E-state index in [-0.39, 0.29) is 5.41 Å². The maximum atomic E-state index is 6.11. The zero-order chi connectivity index (χ0) is 12.6. The minimum Gasteiger partial charge on any atom is -0.383 e. The summed E-state index contributed by atoms with van der Waals surface area (Å²) >= 11 is 0. The molecular formula is C13H18N4. The number of rotatable bonds is 1. The van der Waals surface area contributed by atoms with Crippen LogP contribution in [0.25, 0.3) is 11.1 Å². The van der Waals surface area contributed by atoms with Gasteiger partial charge < -0.3 is 5.73 Å².